The molecule has 0 aromatic heterocycles. The molecule has 6 nitrogen and oxygen atoms in total. The number of nitrogens with one attached hydrogen (secondary N) is 1. The number of ether oxygens (including phenoxy) is 2. The minimum atomic E-state index is -3.33. The molecule has 2 aliphatic rings. The molecule has 0 unspecified atom stereocenters. The van der Waals surface area contributed by atoms with Crippen molar-refractivity contribution in [1.29, 1.82) is 0 Å². The van der Waals surface area contributed by atoms with E-state index in [2.05, 4.69) is 29.0 Å². The minimum Gasteiger partial charge on any atom is -0.489 e. The Morgan fingerprint density at radius 3 is 2.40 bits per heavy atom. The van der Waals surface area contributed by atoms with Crippen molar-refractivity contribution in [3.8, 4) is 5.75 Å². The van der Waals surface area contributed by atoms with Gasteiger partial charge in [0.1, 0.15) is 12.4 Å². The fourth-order valence-corrected chi connectivity index (χ4v) is 6.43. The highest BCUT2D eigenvalue weighted by molar-refractivity contribution is 7.88. The van der Waals surface area contributed by atoms with Crippen molar-refractivity contribution < 1.29 is 22.7 Å². The van der Waals surface area contributed by atoms with Crippen LogP contribution in [0.3, 0.4) is 0 Å². The molecule has 0 spiro atoms. The number of para-hydroxylation sites is 1. The average molecular weight is 520 g/mol. The molecule has 0 bridgehead atoms. The molecule has 35 heavy (non-hydrogen) atoms. The monoisotopic (exact) mass is 519 g/mol. The van der Waals surface area contributed by atoms with Crippen LogP contribution in [0.5, 0.6) is 5.75 Å². The lowest BCUT2D eigenvalue weighted by atomic mass is 9.82. The Bertz CT molecular complexity index is 1100. The van der Waals surface area contributed by atoms with E-state index in [4.69, 9.17) is 21.1 Å². The van der Waals surface area contributed by atoms with Gasteiger partial charge in [0.15, 0.2) is 0 Å². The lowest BCUT2D eigenvalue weighted by Crippen LogP contribution is -2.37. The largest absolute Gasteiger partial charge is 0.489 e. The summed E-state index contributed by atoms with van der Waals surface area (Å²) in [5.41, 5.74) is 1.56. The van der Waals surface area contributed by atoms with Crippen LogP contribution in [-0.2, 0) is 26.2 Å². The SMILES string of the molecule is CS(=O)(=O)N[C@H]1CC[C@](COC2CCC(c3ccccc3OCc3ccccc3)CC2)(C(=O)Cl)C1. The van der Waals surface area contributed by atoms with Crippen LogP contribution in [0.25, 0.3) is 0 Å². The second kappa shape index (κ2) is 11.4. The van der Waals surface area contributed by atoms with Gasteiger partial charge in [0, 0.05) is 6.04 Å². The van der Waals surface area contributed by atoms with Crippen molar-refractivity contribution >= 4 is 26.9 Å². The van der Waals surface area contributed by atoms with Gasteiger partial charge in [0.05, 0.1) is 24.4 Å². The first-order chi connectivity index (χ1) is 16.7. The molecule has 8 heteroatoms. The molecule has 2 aromatic rings. The topological polar surface area (TPSA) is 81.7 Å². The third-order valence-corrected chi connectivity index (χ3v) is 8.43. The lowest BCUT2D eigenvalue weighted by molar-refractivity contribution is -0.126. The van der Waals surface area contributed by atoms with Gasteiger partial charge in [-0.15, -0.1) is 0 Å². The molecule has 0 radical (unpaired) electrons. The number of rotatable bonds is 10. The van der Waals surface area contributed by atoms with E-state index in [0.717, 1.165) is 43.3 Å². The first-order valence-corrected chi connectivity index (χ1v) is 14.6. The maximum absolute atomic E-state index is 12.3. The van der Waals surface area contributed by atoms with Gasteiger partial charge in [0.2, 0.25) is 15.3 Å². The third kappa shape index (κ3) is 7.06. The average Bonchev–Trinajstić information content (AvgIpc) is 3.25. The van der Waals surface area contributed by atoms with E-state index in [1.807, 2.05) is 30.3 Å². The summed E-state index contributed by atoms with van der Waals surface area (Å²) in [4.78, 5) is 12.3. The summed E-state index contributed by atoms with van der Waals surface area (Å²) in [5.74, 6) is 1.34. The zero-order valence-corrected chi connectivity index (χ0v) is 21.7. The zero-order chi connectivity index (χ0) is 24.9. The minimum absolute atomic E-state index is 0.0680. The lowest BCUT2D eigenvalue weighted by Gasteiger charge is -2.33. The first-order valence-electron chi connectivity index (χ1n) is 12.3. The summed E-state index contributed by atoms with van der Waals surface area (Å²) in [7, 11) is -3.33. The van der Waals surface area contributed by atoms with Crippen molar-refractivity contribution in [3.63, 3.8) is 0 Å². The second-order valence-electron chi connectivity index (χ2n) is 9.98. The van der Waals surface area contributed by atoms with E-state index in [0.29, 0.717) is 31.8 Å². The van der Waals surface area contributed by atoms with Crippen LogP contribution in [0, 0.1) is 5.41 Å². The number of halogens is 1. The highest BCUT2D eigenvalue weighted by Gasteiger charge is 2.46. The third-order valence-electron chi connectivity index (χ3n) is 7.27. The number of hydrogen-bond acceptors (Lipinski definition) is 5. The molecular formula is C27H34ClNO5S. The molecule has 2 fully saturated rings. The van der Waals surface area contributed by atoms with Gasteiger partial charge in [-0.3, -0.25) is 4.79 Å². The fraction of sp³-hybridized carbons (Fsp3) is 0.519. The van der Waals surface area contributed by atoms with Gasteiger partial charge >= 0.3 is 0 Å². The maximum atomic E-state index is 12.3. The quantitative estimate of drug-likeness (QED) is 0.438. The van der Waals surface area contributed by atoms with Crippen molar-refractivity contribution in [2.24, 2.45) is 5.41 Å². The Kier molecular flexibility index (Phi) is 8.53. The van der Waals surface area contributed by atoms with Crippen LogP contribution in [0.15, 0.2) is 54.6 Å². The molecule has 190 valence electrons. The number of hydrogen-bond donors (Lipinski definition) is 1. The van der Waals surface area contributed by atoms with Gasteiger partial charge in [-0.25, -0.2) is 13.1 Å². The van der Waals surface area contributed by atoms with E-state index in [9.17, 15) is 13.2 Å². The maximum Gasteiger partial charge on any atom is 0.230 e. The Balaban J connectivity index is 1.30. The molecule has 2 atom stereocenters. The molecule has 0 saturated heterocycles. The predicted molar refractivity (Wildman–Crippen MR) is 137 cm³/mol. The normalized spacial score (nSPS) is 27.0. The molecule has 0 aliphatic heterocycles. The summed E-state index contributed by atoms with van der Waals surface area (Å²) in [5, 5.41) is -0.437. The molecule has 4 rings (SSSR count). The Morgan fingerprint density at radius 1 is 1.03 bits per heavy atom. The summed E-state index contributed by atoms with van der Waals surface area (Å²) in [6.45, 7) is 0.781. The van der Waals surface area contributed by atoms with Gasteiger partial charge in [-0.1, -0.05) is 48.5 Å². The van der Waals surface area contributed by atoms with E-state index >= 15 is 0 Å². The predicted octanol–water partition coefficient (Wildman–Crippen LogP) is 5.16. The molecular weight excluding hydrogens is 486 g/mol. The van der Waals surface area contributed by atoms with Crippen molar-refractivity contribution in [3.05, 3.63) is 65.7 Å². The van der Waals surface area contributed by atoms with Crippen LogP contribution < -0.4 is 9.46 Å². The van der Waals surface area contributed by atoms with E-state index in [1.165, 1.54) is 5.56 Å². The summed E-state index contributed by atoms with van der Waals surface area (Å²) >= 11 is 5.98. The number of benzene rings is 2. The van der Waals surface area contributed by atoms with Crippen molar-refractivity contribution in [1.82, 2.24) is 4.72 Å². The summed E-state index contributed by atoms with van der Waals surface area (Å²) in [6, 6.07) is 18.1. The smallest absolute Gasteiger partial charge is 0.230 e. The molecule has 2 saturated carbocycles. The van der Waals surface area contributed by atoms with Gasteiger partial charge in [-0.05, 0) is 79.7 Å². The standard InChI is InChI=1S/C27H34ClNO5S/c1-35(31,32)29-22-15-16-27(17-22,26(28)30)19-34-23-13-11-21(12-14-23)24-9-5-6-10-25(24)33-18-20-7-3-2-4-8-20/h2-10,21-23,29H,11-19H2,1H3/t21?,22-,23?,27-/m0/s1. The summed E-state index contributed by atoms with van der Waals surface area (Å²) < 4.78 is 38.2. The molecule has 2 aromatic carbocycles. The number of sulfonamides is 1. The molecule has 2 aliphatic carbocycles. The van der Waals surface area contributed by atoms with Crippen molar-refractivity contribution in [2.45, 2.75) is 69.6 Å². The highest BCUT2D eigenvalue weighted by atomic mass is 35.5. The molecule has 0 heterocycles. The van der Waals surface area contributed by atoms with Crippen LogP contribution in [-0.4, -0.2) is 38.7 Å². The summed E-state index contributed by atoms with van der Waals surface area (Å²) in [6.07, 6.45) is 6.46. The van der Waals surface area contributed by atoms with Crippen LogP contribution in [0.2, 0.25) is 0 Å². The van der Waals surface area contributed by atoms with Crippen LogP contribution in [0.4, 0.5) is 0 Å². The Hall–Kier alpha value is -1.93. The van der Waals surface area contributed by atoms with E-state index in [1.54, 1.807) is 0 Å². The van der Waals surface area contributed by atoms with E-state index in [-0.39, 0.29) is 18.8 Å². The van der Waals surface area contributed by atoms with Gasteiger partial charge < -0.3 is 9.47 Å². The molecule has 0 amide bonds. The van der Waals surface area contributed by atoms with E-state index < -0.39 is 20.7 Å². The first kappa shape index (κ1) is 26.1. The fourth-order valence-electron chi connectivity index (χ4n) is 5.40. The molecule has 1 N–H and O–H groups in total. The number of carbonyl (C=O) groups is 1. The van der Waals surface area contributed by atoms with Crippen molar-refractivity contribution in [2.75, 3.05) is 12.9 Å². The Morgan fingerprint density at radius 2 is 1.71 bits per heavy atom. The Labute approximate surface area is 213 Å². The van der Waals surface area contributed by atoms with Crippen LogP contribution >= 0.6 is 11.6 Å². The second-order valence-corrected chi connectivity index (χ2v) is 12.1. The number of carbonyl (C=O) groups excluding carboxylic acids is 1. The highest BCUT2D eigenvalue weighted by Crippen LogP contribution is 2.43. The zero-order valence-electron chi connectivity index (χ0n) is 20.1. The van der Waals surface area contributed by atoms with Gasteiger partial charge in [0.25, 0.3) is 0 Å². The van der Waals surface area contributed by atoms with Crippen LogP contribution in [0.1, 0.15) is 62.0 Å². The van der Waals surface area contributed by atoms with Gasteiger partial charge in [-0.2, -0.15) is 0 Å².